The molecule has 0 radical (unpaired) electrons. The Kier molecular flexibility index (Phi) is 5.82. The summed E-state index contributed by atoms with van der Waals surface area (Å²) in [6.45, 7) is 5.76. The van der Waals surface area contributed by atoms with Crippen molar-refractivity contribution in [3.63, 3.8) is 0 Å². The average molecular weight is 292 g/mol. The minimum absolute atomic E-state index is 0.228. The van der Waals surface area contributed by atoms with Crippen molar-refractivity contribution >= 4 is 27.3 Å². The van der Waals surface area contributed by atoms with E-state index in [1.807, 2.05) is 6.07 Å². The van der Waals surface area contributed by atoms with Gasteiger partial charge in [0.1, 0.15) is 0 Å². The van der Waals surface area contributed by atoms with Gasteiger partial charge in [-0.25, -0.2) is 0 Å². The van der Waals surface area contributed by atoms with Crippen LogP contribution in [-0.2, 0) is 6.54 Å². The molecule has 0 aliphatic carbocycles. The number of hydrogen-bond donors (Lipinski definition) is 2. The fraction of sp³-hybridized carbons (Fsp3) is 0.636. The number of thiophene rings is 1. The van der Waals surface area contributed by atoms with Crippen molar-refractivity contribution < 1.29 is 5.11 Å². The van der Waals surface area contributed by atoms with Gasteiger partial charge in [0.2, 0.25) is 0 Å². The Balaban J connectivity index is 2.16. The van der Waals surface area contributed by atoms with Gasteiger partial charge in [-0.05, 0) is 40.4 Å². The number of aliphatic hydroxyl groups is 1. The Bertz CT molecular complexity index is 288. The zero-order chi connectivity index (χ0) is 11.3. The number of aliphatic hydroxyl groups excluding tert-OH is 1. The molecular weight excluding hydrogens is 274 g/mol. The van der Waals surface area contributed by atoms with Crippen LogP contribution in [0.15, 0.2) is 15.9 Å². The molecule has 0 aliphatic rings. The van der Waals surface area contributed by atoms with Crippen LogP contribution in [0.1, 0.15) is 25.1 Å². The Morgan fingerprint density at radius 3 is 2.73 bits per heavy atom. The highest BCUT2D eigenvalue weighted by atomic mass is 79.9. The van der Waals surface area contributed by atoms with E-state index in [1.54, 1.807) is 11.3 Å². The van der Waals surface area contributed by atoms with Crippen molar-refractivity contribution in [1.82, 2.24) is 5.32 Å². The maximum atomic E-state index is 9.63. The predicted octanol–water partition coefficient (Wildman–Crippen LogP) is 3.01. The minimum atomic E-state index is -0.228. The van der Waals surface area contributed by atoms with Gasteiger partial charge in [0.25, 0.3) is 0 Å². The highest BCUT2D eigenvalue weighted by Crippen LogP contribution is 2.21. The van der Waals surface area contributed by atoms with Crippen LogP contribution >= 0.6 is 27.3 Å². The Morgan fingerprint density at radius 1 is 1.47 bits per heavy atom. The van der Waals surface area contributed by atoms with Crippen molar-refractivity contribution in [2.24, 2.45) is 5.92 Å². The van der Waals surface area contributed by atoms with Crippen LogP contribution in [0, 0.1) is 5.92 Å². The first-order chi connectivity index (χ1) is 7.08. The van der Waals surface area contributed by atoms with E-state index in [4.69, 9.17) is 0 Å². The average Bonchev–Trinajstić information content (AvgIpc) is 2.50. The lowest BCUT2D eigenvalue weighted by molar-refractivity contribution is 0.146. The second kappa shape index (κ2) is 6.63. The Morgan fingerprint density at radius 2 is 2.20 bits per heavy atom. The molecular formula is C11H18BrNOS. The van der Waals surface area contributed by atoms with E-state index < -0.39 is 0 Å². The highest BCUT2D eigenvalue weighted by molar-refractivity contribution is 9.11. The van der Waals surface area contributed by atoms with Crippen LogP contribution in [0.5, 0.6) is 0 Å². The maximum absolute atomic E-state index is 9.63. The summed E-state index contributed by atoms with van der Waals surface area (Å²) in [5, 5.41) is 12.9. The normalized spacial score (nSPS) is 13.4. The first-order valence-corrected chi connectivity index (χ1v) is 6.82. The summed E-state index contributed by atoms with van der Waals surface area (Å²) in [4.78, 5) is 1.29. The molecule has 1 rings (SSSR count). The van der Waals surface area contributed by atoms with Crippen molar-refractivity contribution in [2.45, 2.75) is 32.9 Å². The van der Waals surface area contributed by atoms with Gasteiger partial charge in [0.15, 0.2) is 0 Å². The standard InChI is InChI=1S/C11H18BrNOS/c1-8(2)5-9(14)6-13-7-10-3-4-11(12)15-10/h3-4,8-9,13-14H,5-7H2,1-2H3. The van der Waals surface area contributed by atoms with Crippen molar-refractivity contribution in [3.05, 3.63) is 20.8 Å². The quantitative estimate of drug-likeness (QED) is 0.845. The van der Waals surface area contributed by atoms with Crippen LogP contribution in [0.4, 0.5) is 0 Å². The van der Waals surface area contributed by atoms with Gasteiger partial charge < -0.3 is 10.4 Å². The van der Waals surface area contributed by atoms with E-state index in [0.717, 1.165) is 16.8 Å². The third kappa shape index (κ3) is 5.66. The second-order valence-corrected chi connectivity index (χ2v) is 6.67. The first-order valence-electron chi connectivity index (χ1n) is 5.21. The molecule has 0 amide bonds. The summed E-state index contributed by atoms with van der Waals surface area (Å²) < 4.78 is 1.15. The van der Waals surface area contributed by atoms with Gasteiger partial charge in [0, 0.05) is 18.0 Å². The fourth-order valence-corrected chi connectivity index (χ4v) is 2.89. The molecule has 1 aromatic heterocycles. The van der Waals surface area contributed by atoms with Crippen LogP contribution in [0.25, 0.3) is 0 Å². The lowest BCUT2D eigenvalue weighted by atomic mass is 10.1. The van der Waals surface area contributed by atoms with Gasteiger partial charge in [0.05, 0.1) is 9.89 Å². The predicted molar refractivity (Wildman–Crippen MR) is 69.2 cm³/mol. The van der Waals surface area contributed by atoms with Crippen molar-refractivity contribution in [2.75, 3.05) is 6.54 Å². The molecule has 0 saturated heterocycles. The largest absolute Gasteiger partial charge is 0.392 e. The lowest BCUT2D eigenvalue weighted by Gasteiger charge is -2.13. The highest BCUT2D eigenvalue weighted by Gasteiger charge is 2.06. The number of halogens is 1. The summed E-state index contributed by atoms with van der Waals surface area (Å²) >= 11 is 5.15. The zero-order valence-corrected chi connectivity index (χ0v) is 11.6. The molecule has 0 spiro atoms. The fourth-order valence-electron chi connectivity index (χ4n) is 1.44. The molecule has 2 nitrogen and oxygen atoms in total. The first kappa shape index (κ1) is 13.2. The SMILES string of the molecule is CC(C)CC(O)CNCc1ccc(Br)s1. The van der Waals surface area contributed by atoms with Crippen molar-refractivity contribution in [1.29, 1.82) is 0 Å². The maximum Gasteiger partial charge on any atom is 0.0701 e. The molecule has 1 unspecified atom stereocenters. The van der Waals surface area contributed by atoms with Gasteiger partial charge in [-0.1, -0.05) is 13.8 Å². The summed E-state index contributed by atoms with van der Waals surface area (Å²) in [6, 6.07) is 4.14. The molecule has 0 bridgehead atoms. The van der Waals surface area contributed by atoms with Crippen LogP contribution in [-0.4, -0.2) is 17.8 Å². The third-order valence-electron chi connectivity index (χ3n) is 2.05. The smallest absolute Gasteiger partial charge is 0.0701 e. The monoisotopic (exact) mass is 291 g/mol. The molecule has 1 heterocycles. The number of nitrogens with one attached hydrogen (secondary N) is 1. The second-order valence-electron chi connectivity index (χ2n) is 4.12. The minimum Gasteiger partial charge on any atom is -0.392 e. The van der Waals surface area contributed by atoms with E-state index in [-0.39, 0.29) is 6.10 Å². The van der Waals surface area contributed by atoms with Crippen molar-refractivity contribution in [3.8, 4) is 0 Å². The zero-order valence-electron chi connectivity index (χ0n) is 9.16. The van der Waals surface area contributed by atoms with Gasteiger partial charge in [-0.3, -0.25) is 0 Å². The summed E-state index contributed by atoms with van der Waals surface area (Å²) in [5.74, 6) is 0.553. The topological polar surface area (TPSA) is 32.3 Å². The molecule has 0 saturated carbocycles. The van der Waals surface area contributed by atoms with E-state index >= 15 is 0 Å². The van der Waals surface area contributed by atoms with Gasteiger partial charge in [-0.2, -0.15) is 0 Å². The molecule has 1 atom stereocenters. The third-order valence-corrected chi connectivity index (χ3v) is 3.68. The van der Waals surface area contributed by atoms with E-state index in [1.165, 1.54) is 4.88 Å². The Hall–Kier alpha value is 0.1000. The van der Waals surface area contributed by atoms with E-state index in [2.05, 4.69) is 41.2 Å². The van der Waals surface area contributed by atoms with Gasteiger partial charge >= 0.3 is 0 Å². The molecule has 15 heavy (non-hydrogen) atoms. The van der Waals surface area contributed by atoms with E-state index in [9.17, 15) is 5.11 Å². The molecule has 4 heteroatoms. The summed E-state index contributed by atoms with van der Waals surface area (Å²) in [6.07, 6.45) is 0.634. The van der Waals surface area contributed by atoms with E-state index in [0.29, 0.717) is 12.5 Å². The van der Waals surface area contributed by atoms with Crippen LogP contribution < -0.4 is 5.32 Å². The molecule has 0 fully saturated rings. The molecule has 1 aromatic rings. The van der Waals surface area contributed by atoms with Crippen LogP contribution in [0.3, 0.4) is 0 Å². The number of hydrogen-bond acceptors (Lipinski definition) is 3. The Labute approximate surface area is 104 Å². The summed E-state index contributed by atoms with van der Waals surface area (Å²) in [7, 11) is 0. The molecule has 2 N–H and O–H groups in total. The van der Waals surface area contributed by atoms with Crippen LogP contribution in [0.2, 0.25) is 0 Å². The molecule has 0 aromatic carbocycles. The lowest BCUT2D eigenvalue weighted by Crippen LogP contribution is -2.27. The molecule has 86 valence electrons. The molecule has 0 aliphatic heterocycles. The van der Waals surface area contributed by atoms with Gasteiger partial charge in [-0.15, -0.1) is 11.3 Å². The number of rotatable bonds is 6. The summed E-state index contributed by atoms with van der Waals surface area (Å²) in [5.41, 5.74) is 0.